The number of nitrogens with zero attached hydrogens (tertiary/aromatic N) is 2. The highest BCUT2D eigenvalue weighted by molar-refractivity contribution is 7.98. The van der Waals surface area contributed by atoms with Crippen LogP contribution >= 0.6 is 0 Å². The van der Waals surface area contributed by atoms with Gasteiger partial charge in [0.05, 0.1) is 28.6 Å². The average Bonchev–Trinajstić information content (AvgIpc) is 3.58. The molecule has 1 saturated carbocycles. The monoisotopic (exact) mass is 432 g/mol. The third-order valence-corrected chi connectivity index (χ3v) is 9.20. The number of amides is 1. The second kappa shape index (κ2) is 7.62. The number of hydrogen-bond acceptors (Lipinski definition) is 4. The number of anilines is 1. The van der Waals surface area contributed by atoms with Gasteiger partial charge in [0, 0.05) is 29.6 Å². The van der Waals surface area contributed by atoms with Gasteiger partial charge >= 0.3 is 0 Å². The Morgan fingerprint density at radius 2 is 1.93 bits per heavy atom. The van der Waals surface area contributed by atoms with Crippen molar-refractivity contribution in [2.75, 3.05) is 31.2 Å². The van der Waals surface area contributed by atoms with Gasteiger partial charge in [-0.1, -0.05) is 13.3 Å². The van der Waals surface area contributed by atoms with Crippen molar-refractivity contribution < 1.29 is 18.5 Å². The van der Waals surface area contributed by atoms with E-state index in [2.05, 4.69) is 17.1 Å². The van der Waals surface area contributed by atoms with E-state index in [1.165, 1.54) is 6.42 Å². The third kappa shape index (κ3) is 3.22. The molecule has 2 atom stereocenters. The van der Waals surface area contributed by atoms with E-state index in [1.54, 1.807) is 0 Å². The summed E-state index contributed by atoms with van der Waals surface area (Å²) >= 11 is 0. The summed E-state index contributed by atoms with van der Waals surface area (Å²) in [6, 6.07) is 5.98. The Kier molecular flexibility index (Phi) is 5.21. The molecular weight excluding hydrogens is 400 g/mol. The van der Waals surface area contributed by atoms with Crippen LogP contribution in [0.15, 0.2) is 23.1 Å². The van der Waals surface area contributed by atoms with Gasteiger partial charge in [0.15, 0.2) is 0 Å². The van der Waals surface area contributed by atoms with Gasteiger partial charge in [-0.3, -0.25) is 4.79 Å². The Hall–Kier alpha value is -1.41. The molecule has 30 heavy (non-hydrogen) atoms. The molecule has 3 heterocycles. The van der Waals surface area contributed by atoms with Crippen LogP contribution in [0.5, 0.6) is 0 Å². The zero-order chi connectivity index (χ0) is 20.9. The molecule has 3 fully saturated rings. The highest BCUT2D eigenvalue weighted by Crippen LogP contribution is 2.48. The summed E-state index contributed by atoms with van der Waals surface area (Å²) in [6.45, 7) is 4.60. The maximum Gasteiger partial charge on any atom is 0.292 e. The van der Waals surface area contributed by atoms with Crippen molar-refractivity contribution in [1.29, 1.82) is 0 Å². The molecule has 1 aromatic carbocycles. The summed E-state index contributed by atoms with van der Waals surface area (Å²) in [5.74, 6) is 3.22. The molecule has 0 bridgehead atoms. The van der Waals surface area contributed by atoms with Crippen molar-refractivity contribution in [2.45, 2.75) is 68.6 Å². The Bertz CT molecular complexity index is 935. The van der Waals surface area contributed by atoms with Crippen molar-refractivity contribution in [3.8, 4) is 0 Å². The predicted octanol–water partition coefficient (Wildman–Crippen LogP) is 3.29. The first-order valence-corrected chi connectivity index (χ1v) is 13.0. The molecule has 1 aliphatic carbocycles. The summed E-state index contributed by atoms with van der Waals surface area (Å²) in [4.78, 5) is 15.9. The first-order chi connectivity index (χ1) is 14.5. The lowest BCUT2D eigenvalue weighted by molar-refractivity contribution is -0.256. The molecule has 0 aromatic heterocycles. The predicted molar refractivity (Wildman–Crippen MR) is 118 cm³/mol. The summed E-state index contributed by atoms with van der Waals surface area (Å²) < 4.78 is 28.1. The summed E-state index contributed by atoms with van der Waals surface area (Å²) in [6.07, 6.45) is 7.31. The lowest BCUT2D eigenvalue weighted by Crippen LogP contribution is -2.47. The summed E-state index contributed by atoms with van der Waals surface area (Å²) in [5, 5.41) is 0. The minimum atomic E-state index is -2.65. The number of benzene rings is 1. The van der Waals surface area contributed by atoms with Crippen LogP contribution in [0.1, 0.15) is 57.4 Å². The van der Waals surface area contributed by atoms with E-state index in [-0.39, 0.29) is 11.9 Å². The Balaban J connectivity index is 1.56. The molecule has 2 saturated heterocycles. The van der Waals surface area contributed by atoms with Gasteiger partial charge < -0.3 is 14.4 Å². The number of carbonyl (C=O) groups is 1. The molecule has 6 nitrogen and oxygen atoms in total. The number of piperidine rings is 1. The topological polar surface area (TPSA) is 59.1 Å². The van der Waals surface area contributed by atoms with E-state index in [9.17, 15) is 9.00 Å². The lowest BCUT2D eigenvalue weighted by atomic mass is 10.0. The fourth-order valence-electron chi connectivity index (χ4n) is 5.07. The molecule has 164 valence electrons. The molecule has 7 heteroatoms. The number of ether oxygens (including phenoxy) is 2. The van der Waals surface area contributed by atoms with Crippen LogP contribution in [0.25, 0.3) is 0 Å². The van der Waals surface area contributed by atoms with Crippen molar-refractivity contribution >= 4 is 27.2 Å². The lowest BCUT2D eigenvalue weighted by Gasteiger charge is -2.37. The van der Waals surface area contributed by atoms with Crippen molar-refractivity contribution in [3.05, 3.63) is 23.8 Å². The van der Waals surface area contributed by atoms with Crippen molar-refractivity contribution in [3.63, 3.8) is 0 Å². The van der Waals surface area contributed by atoms with Gasteiger partial charge in [-0.15, -0.1) is 0 Å². The SMILES string of the molecule is C=S(=O)(c1ccc2c(c1)C1(OCCCO1)C(=O)N2CC1CC1)N1CCCCC1CC. The van der Waals surface area contributed by atoms with Crippen molar-refractivity contribution in [1.82, 2.24) is 4.31 Å². The highest BCUT2D eigenvalue weighted by Gasteiger charge is 2.55. The molecule has 0 N–H and O–H groups in total. The fraction of sp³-hybridized carbons (Fsp3) is 0.652. The van der Waals surface area contributed by atoms with Crippen LogP contribution in [-0.4, -0.2) is 52.6 Å². The van der Waals surface area contributed by atoms with Crippen LogP contribution in [0.3, 0.4) is 0 Å². The van der Waals surface area contributed by atoms with Crippen LogP contribution in [0.4, 0.5) is 5.69 Å². The second-order valence-corrected chi connectivity index (χ2v) is 11.3. The number of hydrogen-bond donors (Lipinski definition) is 0. The number of carbonyl (C=O) groups excluding carboxylic acids is 1. The molecule has 5 rings (SSSR count). The first kappa shape index (κ1) is 20.5. The highest BCUT2D eigenvalue weighted by atomic mass is 32.2. The minimum Gasteiger partial charge on any atom is -0.338 e. The van der Waals surface area contributed by atoms with Crippen LogP contribution in [0, 0.1) is 5.92 Å². The third-order valence-electron chi connectivity index (χ3n) is 6.97. The van der Waals surface area contributed by atoms with Crippen LogP contribution in [0.2, 0.25) is 0 Å². The van der Waals surface area contributed by atoms with Gasteiger partial charge in [-0.05, 0) is 68.5 Å². The van der Waals surface area contributed by atoms with Gasteiger partial charge in [-0.2, -0.15) is 0 Å². The Labute approximate surface area is 179 Å². The first-order valence-electron chi connectivity index (χ1n) is 11.4. The summed E-state index contributed by atoms with van der Waals surface area (Å²) in [5.41, 5.74) is 1.53. The minimum absolute atomic E-state index is 0.138. The second-order valence-electron chi connectivity index (χ2n) is 9.04. The fourth-order valence-corrected chi connectivity index (χ4v) is 7.09. The molecule has 3 aliphatic heterocycles. The molecule has 1 spiro atoms. The van der Waals surface area contributed by atoms with E-state index in [0.29, 0.717) is 36.1 Å². The molecule has 4 aliphatic rings. The van der Waals surface area contributed by atoms with Crippen molar-refractivity contribution in [2.24, 2.45) is 5.92 Å². The maximum atomic E-state index is 14.0. The van der Waals surface area contributed by atoms with E-state index in [1.807, 2.05) is 23.1 Å². The van der Waals surface area contributed by atoms with E-state index < -0.39 is 15.5 Å². The average molecular weight is 433 g/mol. The van der Waals surface area contributed by atoms with E-state index >= 15 is 0 Å². The molecule has 1 amide bonds. The zero-order valence-corrected chi connectivity index (χ0v) is 18.6. The molecule has 1 aromatic rings. The molecule has 2 unspecified atom stereocenters. The smallest absolute Gasteiger partial charge is 0.292 e. The normalized spacial score (nSPS) is 28.5. The quantitative estimate of drug-likeness (QED) is 0.670. The zero-order valence-electron chi connectivity index (χ0n) is 17.8. The summed E-state index contributed by atoms with van der Waals surface area (Å²) in [7, 11) is -2.65. The van der Waals surface area contributed by atoms with Gasteiger partial charge in [-0.25, -0.2) is 8.51 Å². The Morgan fingerprint density at radius 1 is 1.17 bits per heavy atom. The molecular formula is C23H32N2O4S. The van der Waals surface area contributed by atoms with Crippen LogP contribution < -0.4 is 4.90 Å². The molecule has 0 radical (unpaired) electrons. The van der Waals surface area contributed by atoms with E-state index in [0.717, 1.165) is 50.8 Å². The number of fused-ring (bicyclic) bond motifs is 2. The van der Waals surface area contributed by atoms with E-state index in [4.69, 9.17) is 9.47 Å². The van der Waals surface area contributed by atoms with Gasteiger partial charge in [0.25, 0.3) is 11.7 Å². The maximum absolute atomic E-state index is 14.0. The van der Waals surface area contributed by atoms with Gasteiger partial charge in [0.1, 0.15) is 0 Å². The van der Waals surface area contributed by atoms with Gasteiger partial charge in [0.2, 0.25) is 0 Å². The largest absolute Gasteiger partial charge is 0.338 e. The van der Waals surface area contributed by atoms with Crippen LogP contribution in [-0.2, 0) is 29.8 Å². The Morgan fingerprint density at radius 3 is 2.63 bits per heavy atom. The standard InChI is InChI=1S/C23H32N2O4S/c1-3-18-7-4-5-12-25(18)30(2,27)19-10-11-21-20(15-19)23(28-13-6-14-29-23)22(26)24(21)16-17-8-9-17/h10-11,15,17-18H,2-9,12-14,16H2,1H3. The number of rotatable bonds is 5.